The minimum Gasteiger partial charge on any atom is -0.281 e. The number of fused-ring (bicyclic) bond motifs is 1. The van der Waals surface area contributed by atoms with Crippen LogP contribution in [-0.4, -0.2) is 25.0 Å². The monoisotopic (exact) mass is 346 g/mol. The van der Waals surface area contributed by atoms with Gasteiger partial charge >= 0.3 is 0 Å². The number of sulfonamides is 1. The molecule has 2 aromatic rings. The lowest BCUT2D eigenvalue weighted by atomic mass is 10.1. The van der Waals surface area contributed by atoms with Crippen LogP contribution in [0.4, 0.5) is 5.69 Å². The summed E-state index contributed by atoms with van der Waals surface area (Å²) in [6.45, 7) is 3.66. The number of hydrogen-bond acceptors (Lipinski definition) is 3. The second-order valence-corrected chi connectivity index (χ2v) is 7.58. The number of aryl methyl sites for hydroxylation is 1. The largest absolute Gasteiger partial charge is 0.281 e. The fourth-order valence-electron chi connectivity index (χ4n) is 2.10. The van der Waals surface area contributed by atoms with E-state index < -0.39 is 10.0 Å². The van der Waals surface area contributed by atoms with Crippen LogP contribution in [0.1, 0.15) is 12.5 Å². The zero-order valence-corrected chi connectivity index (χ0v) is 14.1. The smallest absolute Gasteiger partial charge is 0.233 e. The Hall–Kier alpha value is -1.04. The fraction of sp³-hybridized carbons (Fsp3) is 0.357. The van der Waals surface area contributed by atoms with Crippen molar-refractivity contribution in [2.45, 2.75) is 13.8 Å². The SMILES string of the molecule is Cc1cc(Cl)c(NS(=O)(=O)CC(C)CCl)c2cccnc12. The number of rotatable bonds is 5. The number of halogens is 2. The molecule has 4 nitrogen and oxygen atoms in total. The predicted molar refractivity (Wildman–Crippen MR) is 88.8 cm³/mol. The van der Waals surface area contributed by atoms with Crippen molar-refractivity contribution >= 4 is 49.8 Å². The number of alkyl halides is 1. The van der Waals surface area contributed by atoms with E-state index in [-0.39, 0.29) is 17.6 Å². The first-order valence-corrected chi connectivity index (χ1v) is 9.01. The van der Waals surface area contributed by atoms with Gasteiger partial charge in [0.1, 0.15) is 0 Å². The second-order valence-electron chi connectivity index (χ2n) is 5.09. The molecule has 114 valence electrons. The Morgan fingerprint density at radius 2 is 2.14 bits per heavy atom. The van der Waals surface area contributed by atoms with Crippen LogP contribution in [0.25, 0.3) is 10.9 Å². The lowest BCUT2D eigenvalue weighted by Gasteiger charge is -2.15. The third kappa shape index (κ3) is 3.78. The maximum Gasteiger partial charge on any atom is 0.233 e. The standard InChI is InChI=1S/C14H16Cl2N2O2S/c1-9(7-15)8-21(19,20)18-14-11-4-3-5-17-13(11)10(2)6-12(14)16/h3-6,9,18H,7-8H2,1-2H3. The van der Waals surface area contributed by atoms with E-state index in [4.69, 9.17) is 23.2 Å². The van der Waals surface area contributed by atoms with E-state index in [9.17, 15) is 8.42 Å². The molecule has 0 radical (unpaired) electrons. The van der Waals surface area contributed by atoms with Gasteiger partial charge in [0, 0.05) is 17.5 Å². The number of nitrogens with zero attached hydrogens (tertiary/aromatic N) is 1. The van der Waals surface area contributed by atoms with Crippen LogP contribution in [0.15, 0.2) is 24.4 Å². The maximum absolute atomic E-state index is 12.2. The van der Waals surface area contributed by atoms with Gasteiger partial charge in [-0.2, -0.15) is 0 Å². The first kappa shape index (κ1) is 16.3. The molecule has 1 aromatic heterocycles. The molecule has 1 atom stereocenters. The van der Waals surface area contributed by atoms with Crippen molar-refractivity contribution in [1.29, 1.82) is 0 Å². The van der Waals surface area contributed by atoms with Crippen LogP contribution < -0.4 is 4.72 Å². The predicted octanol–water partition coefficient (Wildman–Crippen LogP) is 3.81. The van der Waals surface area contributed by atoms with Crippen LogP contribution in [-0.2, 0) is 10.0 Å². The molecule has 2 rings (SSSR count). The van der Waals surface area contributed by atoms with Crippen LogP contribution in [0.2, 0.25) is 5.02 Å². The van der Waals surface area contributed by atoms with Gasteiger partial charge in [-0.1, -0.05) is 18.5 Å². The molecular weight excluding hydrogens is 331 g/mol. The van der Waals surface area contributed by atoms with E-state index in [2.05, 4.69) is 9.71 Å². The highest BCUT2D eigenvalue weighted by Crippen LogP contribution is 2.33. The number of nitrogens with one attached hydrogen (secondary N) is 1. The van der Waals surface area contributed by atoms with E-state index in [0.29, 0.717) is 16.1 Å². The lowest BCUT2D eigenvalue weighted by Crippen LogP contribution is -2.22. The lowest BCUT2D eigenvalue weighted by molar-refractivity contribution is 0.588. The van der Waals surface area contributed by atoms with Crippen LogP contribution in [0, 0.1) is 12.8 Å². The zero-order valence-electron chi connectivity index (χ0n) is 11.7. The third-order valence-electron chi connectivity index (χ3n) is 3.06. The normalized spacial score (nSPS) is 13.3. The van der Waals surface area contributed by atoms with Crippen molar-refractivity contribution in [3.8, 4) is 0 Å². The molecule has 1 unspecified atom stereocenters. The van der Waals surface area contributed by atoms with E-state index >= 15 is 0 Å². The molecule has 21 heavy (non-hydrogen) atoms. The maximum atomic E-state index is 12.2. The molecule has 1 heterocycles. The van der Waals surface area contributed by atoms with Gasteiger partial charge in [-0.3, -0.25) is 9.71 Å². The van der Waals surface area contributed by atoms with Crippen molar-refractivity contribution in [3.63, 3.8) is 0 Å². The molecule has 0 fully saturated rings. The van der Waals surface area contributed by atoms with Crippen molar-refractivity contribution in [2.24, 2.45) is 5.92 Å². The number of aromatic nitrogens is 1. The summed E-state index contributed by atoms with van der Waals surface area (Å²) in [6, 6.07) is 5.25. The van der Waals surface area contributed by atoms with Crippen LogP contribution in [0.5, 0.6) is 0 Å². The molecule has 0 amide bonds. The summed E-state index contributed by atoms with van der Waals surface area (Å²) in [7, 11) is -3.52. The van der Waals surface area contributed by atoms with E-state index in [1.807, 2.05) is 6.92 Å². The first-order chi connectivity index (χ1) is 9.84. The Morgan fingerprint density at radius 3 is 2.81 bits per heavy atom. The van der Waals surface area contributed by atoms with Crippen molar-refractivity contribution < 1.29 is 8.42 Å². The minimum atomic E-state index is -3.52. The first-order valence-electron chi connectivity index (χ1n) is 6.44. The van der Waals surface area contributed by atoms with Gasteiger partial charge in [0.15, 0.2) is 0 Å². The Morgan fingerprint density at radius 1 is 1.43 bits per heavy atom. The third-order valence-corrected chi connectivity index (χ3v) is 5.41. The quantitative estimate of drug-likeness (QED) is 0.837. The molecule has 0 bridgehead atoms. The summed E-state index contributed by atoms with van der Waals surface area (Å²) in [5, 5.41) is 1.04. The van der Waals surface area contributed by atoms with Crippen LogP contribution in [0.3, 0.4) is 0 Å². The number of pyridine rings is 1. The highest BCUT2D eigenvalue weighted by molar-refractivity contribution is 7.92. The highest BCUT2D eigenvalue weighted by Gasteiger charge is 2.19. The molecule has 1 N–H and O–H groups in total. The van der Waals surface area contributed by atoms with Gasteiger partial charge in [0.25, 0.3) is 0 Å². The molecule has 0 saturated heterocycles. The Labute approximate surface area is 134 Å². The van der Waals surface area contributed by atoms with Crippen molar-refractivity contribution in [1.82, 2.24) is 4.98 Å². The summed E-state index contributed by atoms with van der Waals surface area (Å²) in [4.78, 5) is 4.28. The summed E-state index contributed by atoms with van der Waals surface area (Å²) in [5.74, 6) is 0.0885. The average Bonchev–Trinajstić information content (AvgIpc) is 2.43. The number of benzene rings is 1. The summed E-state index contributed by atoms with van der Waals surface area (Å²) in [5.41, 5.74) is 1.99. The Kier molecular flexibility index (Phi) is 4.96. The minimum absolute atomic E-state index is 0.0531. The van der Waals surface area contributed by atoms with Gasteiger partial charge in [0.2, 0.25) is 10.0 Å². The zero-order chi connectivity index (χ0) is 15.6. The highest BCUT2D eigenvalue weighted by atomic mass is 35.5. The molecule has 1 aromatic carbocycles. The summed E-state index contributed by atoms with van der Waals surface area (Å²) in [6.07, 6.45) is 1.66. The van der Waals surface area contributed by atoms with E-state index in [1.54, 1.807) is 31.3 Å². The topological polar surface area (TPSA) is 59.1 Å². The van der Waals surface area contributed by atoms with E-state index in [1.165, 1.54) is 0 Å². The Bertz CT molecular complexity index is 763. The number of hydrogen-bond donors (Lipinski definition) is 1. The second kappa shape index (κ2) is 6.38. The molecular formula is C14H16Cl2N2O2S. The molecule has 7 heteroatoms. The number of anilines is 1. The fourth-order valence-corrected chi connectivity index (χ4v) is 4.19. The van der Waals surface area contributed by atoms with Crippen molar-refractivity contribution in [3.05, 3.63) is 35.0 Å². The van der Waals surface area contributed by atoms with Crippen molar-refractivity contribution in [2.75, 3.05) is 16.4 Å². The molecule has 0 spiro atoms. The summed E-state index contributed by atoms with van der Waals surface area (Å²) >= 11 is 11.9. The van der Waals surface area contributed by atoms with Gasteiger partial charge in [-0.15, -0.1) is 11.6 Å². The molecule has 0 saturated carbocycles. The summed E-state index contributed by atoms with van der Waals surface area (Å²) < 4.78 is 27.0. The van der Waals surface area contributed by atoms with E-state index in [0.717, 1.165) is 11.1 Å². The van der Waals surface area contributed by atoms with Gasteiger partial charge in [-0.25, -0.2) is 8.42 Å². The van der Waals surface area contributed by atoms with Gasteiger partial charge in [0.05, 0.1) is 22.0 Å². The average molecular weight is 347 g/mol. The molecule has 0 aliphatic heterocycles. The molecule has 0 aliphatic rings. The van der Waals surface area contributed by atoms with Crippen LogP contribution >= 0.6 is 23.2 Å². The Balaban J connectivity index is 2.48. The van der Waals surface area contributed by atoms with Gasteiger partial charge < -0.3 is 0 Å². The van der Waals surface area contributed by atoms with Gasteiger partial charge in [-0.05, 0) is 36.6 Å². The molecule has 0 aliphatic carbocycles.